The second-order valence-electron chi connectivity index (χ2n) is 4.92. The molecule has 0 unspecified atom stereocenters. The zero-order valence-corrected chi connectivity index (χ0v) is 11.0. The van der Waals surface area contributed by atoms with Gasteiger partial charge < -0.3 is 4.90 Å². The molecule has 2 rings (SSSR count). The van der Waals surface area contributed by atoms with Crippen molar-refractivity contribution in [3.05, 3.63) is 30.1 Å². The van der Waals surface area contributed by atoms with Crippen LogP contribution in [0.4, 0.5) is 10.1 Å². The van der Waals surface area contributed by atoms with Gasteiger partial charge in [-0.15, -0.1) is 0 Å². The normalized spacial score (nSPS) is 16.6. The Bertz CT molecular complexity index is 411. The molecule has 1 saturated carbocycles. The average molecular weight is 248 g/mol. The summed E-state index contributed by atoms with van der Waals surface area (Å²) in [4.78, 5) is 1.81. The van der Waals surface area contributed by atoms with Crippen LogP contribution in [0.25, 0.3) is 0 Å². The maximum absolute atomic E-state index is 13.8. The number of hydrogen-bond donors (Lipinski definition) is 1. The van der Waals surface area contributed by atoms with Crippen LogP contribution in [0.2, 0.25) is 0 Å². The Morgan fingerprint density at radius 2 is 1.94 bits per heavy atom. The van der Waals surface area contributed by atoms with Gasteiger partial charge in [0.1, 0.15) is 11.7 Å². The summed E-state index contributed by atoms with van der Waals surface area (Å²) < 4.78 is 13.8. The number of nitrogens with zero attached hydrogens (tertiary/aromatic N) is 1. The third kappa shape index (κ3) is 2.71. The summed E-state index contributed by atoms with van der Waals surface area (Å²) in [6.07, 6.45) is 5.81. The fourth-order valence-corrected chi connectivity index (χ4v) is 2.74. The Morgan fingerprint density at radius 3 is 2.56 bits per heavy atom. The van der Waals surface area contributed by atoms with Crippen LogP contribution in [0, 0.1) is 17.1 Å². The van der Waals surface area contributed by atoms with E-state index in [9.17, 15) is 4.39 Å². The summed E-state index contributed by atoms with van der Waals surface area (Å²) in [7, 11) is 0. The van der Waals surface area contributed by atoms with Gasteiger partial charge in [-0.2, -0.15) is 0 Å². The van der Waals surface area contributed by atoms with Gasteiger partial charge in [-0.3, -0.25) is 5.41 Å². The predicted molar refractivity (Wildman–Crippen MR) is 73.7 cm³/mol. The lowest BCUT2D eigenvalue weighted by Crippen LogP contribution is -2.37. The van der Waals surface area contributed by atoms with Gasteiger partial charge in [0.2, 0.25) is 0 Å². The molecule has 1 fully saturated rings. The molecule has 2 nitrogen and oxygen atoms in total. The van der Waals surface area contributed by atoms with Crippen molar-refractivity contribution in [1.82, 2.24) is 0 Å². The molecule has 1 aliphatic carbocycles. The van der Waals surface area contributed by atoms with E-state index in [1.54, 1.807) is 12.1 Å². The number of rotatable bonds is 3. The largest absolute Gasteiger partial charge is 0.328 e. The van der Waals surface area contributed by atoms with Gasteiger partial charge in [-0.1, -0.05) is 31.4 Å². The van der Waals surface area contributed by atoms with Crippen LogP contribution < -0.4 is 4.90 Å². The van der Waals surface area contributed by atoms with Gasteiger partial charge in [-0.05, 0) is 31.9 Å². The molecule has 98 valence electrons. The van der Waals surface area contributed by atoms with E-state index in [0.717, 1.165) is 12.8 Å². The SMILES string of the molecule is CCN(C(=N)C1CCCCC1)c1ccccc1F. The van der Waals surface area contributed by atoms with Gasteiger partial charge in [0.05, 0.1) is 5.69 Å². The van der Waals surface area contributed by atoms with E-state index in [1.807, 2.05) is 17.9 Å². The summed E-state index contributed by atoms with van der Waals surface area (Å²) in [5, 5.41) is 8.33. The first kappa shape index (κ1) is 13.1. The van der Waals surface area contributed by atoms with Crippen molar-refractivity contribution >= 4 is 11.5 Å². The lowest BCUT2D eigenvalue weighted by molar-refractivity contribution is 0.434. The molecule has 18 heavy (non-hydrogen) atoms. The van der Waals surface area contributed by atoms with E-state index in [4.69, 9.17) is 5.41 Å². The molecular formula is C15H21FN2. The number of halogens is 1. The maximum Gasteiger partial charge on any atom is 0.146 e. The number of para-hydroxylation sites is 1. The molecule has 0 spiro atoms. The molecule has 0 aliphatic heterocycles. The molecule has 3 heteroatoms. The van der Waals surface area contributed by atoms with Crippen LogP contribution in [0.1, 0.15) is 39.0 Å². The highest BCUT2D eigenvalue weighted by Gasteiger charge is 2.23. The first-order chi connectivity index (χ1) is 8.74. The summed E-state index contributed by atoms with van der Waals surface area (Å²) in [6, 6.07) is 6.74. The number of nitrogens with one attached hydrogen (secondary N) is 1. The quantitative estimate of drug-likeness (QED) is 0.629. The zero-order chi connectivity index (χ0) is 13.0. The van der Waals surface area contributed by atoms with E-state index in [1.165, 1.54) is 25.3 Å². The van der Waals surface area contributed by atoms with Crippen molar-refractivity contribution in [3.8, 4) is 0 Å². The zero-order valence-electron chi connectivity index (χ0n) is 11.0. The fraction of sp³-hybridized carbons (Fsp3) is 0.533. The topological polar surface area (TPSA) is 27.1 Å². The van der Waals surface area contributed by atoms with Gasteiger partial charge >= 0.3 is 0 Å². The number of hydrogen-bond acceptors (Lipinski definition) is 1. The molecule has 0 aromatic heterocycles. The van der Waals surface area contributed by atoms with E-state index >= 15 is 0 Å². The van der Waals surface area contributed by atoms with Gasteiger partial charge in [0.15, 0.2) is 0 Å². The maximum atomic E-state index is 13.8. The molecule has 0 saturated heterocycles. The highest BCUT2D eigenvalue weighted by Crippen LogP contribution is 2.28. The van der Waals surface area contributed by atoms with Crippen LogP contribution in [-0.2, 0) is 0 Å². The van der Waals surface area contributed by atoms with E-state index < -0.39 is 0 Å². The van der Waals surface area contributed by atoms with E-state index in [2.05, 4.69) is 0 Å². The van der Waals surface area contributed by atoms with Crippen LogP contribution in [-0.4, -0.2) is 12.4 Å². The molecule has 1 aliphatic rings. The molecular weight excluding hydrogens is 227 g/mol. The molecule has 0 amide bonds. The molecule has 1 N–H and O–H groups in total. The minimum atomic E-state index is -0.236. The van der Waals surface area contributed by atoms with Crippen LogP contribution in [0.15, 0.2) is 24.3 Å². The average Bonchev–Trinajstić information content (AvgIpc) is 2.42. The Morgan fingerprint density at radius 1 is 1.28 bits per heavy atom. The third-order valence-electron chi connectivity index (χ3n) is 3.74. The lowest BCUT2D eigenvalue weighted by Gasteiger charge is -2.31. The van der Waals surface area contributed by atoms with Gasteiger partial charge in [0.25, 0.3) is 0 Å². The minimum absolute atomic E-state index is 0.236. The summed E-state index contributed by atoms with van der Waals surface area (Å²) in [5.74, 6) is 0.653. The first-order valence-corrected chi connectivity index (χ1v) is 6.84. The van der Waals surface area contributed by atoms with Crippen molar-refractivity contribution in [2.45, 2.75) is 39.0 Å². The van der Waals surface area contributed by atoms with Gasteiger partial charge in [0, 0.05) is 12.5 Å². The molecule has 1 aromatic carbocycles. The molecule has 0 atom stereocenters. The second-order valence-corrected chi connectivity index (χ2v) is 4.92. The van der Waals surface area contributed by atoms with Crippen LogP contribution in [0.5, 0.6) is 0 Å². The molecule has 0 bridgehead atoms. The Balaban J connectivity index is 2.17. The lowest BCUT2D eigenvalue weighted by atomic mass is 9.88. The predicted octanol–water partition coefficient (Wildman–Crippen LogP) is 4.21. The van der Waals surface area contributed by atoms with Crippen molar-refractivity contribution < 1.29 is 4.39 Å². The molecule has 0 heterocycles. The third-order valence-corrected chi connectivity index (χ3v) is 3.74. The van der Waals surface area contributed by atoms with Crippen molar-refractivity contribution in [3.63, 3.8) is 0 Å². The minimum Gasteiger partial charge on any atom is -0.328 e. The van der Waals surface area contributed by atoms with Crippen molar-refractivity contribution in [2.24, 2.45) is 5.92 Å². The fourth-order valence-electron chi connectivity index (χ4n) is 2.74. The first-order valence-electron chi connectivity index (χ1n) is 6.84. The van der Waals surface area contributed by atoms with Crippen molar-refractivity contribution in [1.29, 1.82) is 5.41 Å². The number of benzene rings is 1. The standard InChI is InChI=1S/C15H21FN2/c1-2-18(14-11-7-6-10-13(14)16)15(17)12-8-4-3-5-9-12/h6-7,10-12,17H,2-5,8-9H2,1H3. The van der Waals surface area contributed by atoms with E-state index in [-0.39, 0.29) is 5.82 Å². The summed E-state index contributed by atoms with van der Waals surface area (Å²) in [6.45, 7) is 2.63. The highest BCUT2D eigenvalue weighted by atomic mass is 19.1. The summed E-state index contributed by atoms with van der Waals surface area (Å²) >= 11 is 0. The monoisotopic (exact) mass is 248 g/mol. The molecule has 1 aromatic rings. The summed E-state index contributed by atoms with van der Waals surface area (Å²) in [5.41, 5.74) is 0.538. The van der Waals surface area contributed by atoms with E-state index in [0.29, 0.717) is 24.0 Å². The Hall–Kier alpha value is -1.38. The Kier molecular flexibility index (Phi) is 4.34. The Labute approximate surface area is 108 Å². The number of amidine groups is 1. The molecule has 0 radical (unpaired) electrons. The highest BCUT2D eigenvalue weighted by molar-refractivity contribution is 5.97. The van der Waals surface area contributed by atoms with Crippen molar-refractivity contribution in [2.75, 3.05) is 11.4 Å². The van der Waals surface area contributed by atoms with Crippen LogP contribution in [0.3, 0.4) is 0 Å². The van der Waals surface area contributed by atoms with Gasteiger partial charge in [-0.25, -0.2) is 4.39 Å². The smallest absolute Gasteiger partial charge is 0.146 e. The van der Waals surface area contributed by atoms with Crippen LogP contribution >= 0.6 is 0 Å². The second kappa shape index (κ2) is 5.98. The number of anilines is 1.